The molecule has 0 aliphatic carbocycles. The fraction of sp³-hybridized carbons (Fsp3) is 0.222. The first-order chi connectivity index (χ1) is 12.9. The van der Waals surface area contributed by atoms with E-state index in [0.717, 1.165) is 4.47 Å². The lowest BCUT2D eigenvalue weighted by molar-refractivity contribution is 0.0697. The van der Waals surface area contributed by atoms with Crippen LogP contribution in [0.1, 0.15) is 24.2 Å². The van der Waals surface area contributed by atoms with E-state index in [1.165, 1.54) is 19.4 Å². The Kier molecular flexibility index (Phi) is 8.68. The quantitative estimate of drug-likeness (QED) is 0.502. The molecule has 0 fully saturated rings. The molecule has 0 aliphatic rings. The van der Waals surface area contributed by atoms with Crippen LogP contribution >= 0.6 is 27.5 Å². The molecule has 1 aromatic heterocycles. The third-order valence-corrected chi connectivity index (χ3v) is 4.19. The maximum absolute atomic E-state index is 14.7. The highest BCUT2D eigenvalue weighted by atomic mass is 79.9. The number of aryl methyl sites for hydroxylation is 1. The molecule has 0 unspecified atom stereocenters. The van der Waals surface area contributed by atoms with Crippen molar-refractivity contribution in [3.05, 3.63) is 51.5 Å². The number of rotatable bonds is 3. The number of nitrogens with one attached hydrogen (secondary N) is 1. The van der Waals surface area contributed by atoms with Gasteiger partial charge in [-0.3, -0.25) is 0 Å². The first-order valence-corrected chi connectivity index (χ1v) is 9.22. The number of aromatic nitrogens is 2. The van der Waals surface area contributed by atoms with Gasteiger partial charge in [0.25, 0.3) is 0 Å². The number of carboxylic acids is 1. The molecule has 27 heavy (non-hydrogen) atoms. The lowest BCUT2D eigenvalue weighted by Gasteiger charge is -2.13. The van der Waals surface area contributed by atoms with Crippen molar-refractivity contribution in [2.24, 2.45) is 12.8 Å². The van der Waals surface area contributed by atoms with Crippen LogP contribution in [0.15, 0.2) is 35.1 Å². The van der Waals surface area contributed by atoms with Gasteiger partial charge in [0, 0.05) is 11.5 Å². The predicted octanol–water partition coefficient (Wildman–Crippen LogP) is 5.17. The minimum Gasteiger partial charge on any atom is -0.478 e. The van der Waals surface area contributed by atoms with Gasteiger partial charge in [-0.25, -0.2) is 14.2 Å². The molecular formula is C18H21BrClFN4O2. The van der Waals surface area contributed by atoms with Gasteiger partial charge >= 0.3 is 5.97 Å². The van der Waals surface area contributed by atoms with Gasteiger partial charge in [-0.05, 0) is 31.3 Å². The largest absolute Gasteiger partial charge is 0.478 e. The molecule has 0 saturated carbocycles. The number of imidazole rings is 1. The Bertz CT molecular complexity index is 947. The van der Waals surface area contributed by atoms with E-state index in [-0.39, 0.29) is 16.8 Å². The normalized spacial score (nSPS) is 9.78. The molecule has 0 amide bonds. The number of hydrogen-bond acceptors (Lipinski definition) is 4. The molecule has 1 heterocycles. The second kappa shape index (κ2) is 10.2. The molecule has 9 heteroatoms. The summed E-state index contributed by atoms with van der Waals surface area (Å²) < 4.78 is 17.1. The Labute approximate surface area is 170 Å². The minimum atomic E-state index is -1.25. The summed E-state index contributed by atoms with van der Waals surface area (Å²) in [5.41, 5.74) is 5.01. The topological polar surface area (TPSA) is 93.2 Å². The van der Waals surface area contributed by atoms with Crippen molar-refractivity contribution in [2.45, 2.75) is 13.8 Å². The van der Waals surface area contributed by atoms with E-state index in [9.17, 15) is 14.3 Å². The van der Waals surface area contributed by atoms with E-state index in [1.807, 2.05) is 13.8 Å². The summed E-state index contributed by atoms with van der Waals surface area (Å²) in [5.74, 6) is -1.98. The molecule has 0 aliphatic heterocycles. The molecule has 6 nitrogen and oxygen atoms in total. The molecule has 3 aromatic rings. The number of nitrogens with two attached hydrogens (primary N) is 1. The Morgan fingerprint density at radius 2 is 1.96 bits per heavy atom. The number of carbonyl (C=O) groups is 1. The maximum Gasteiger partial charge on any atom is 0.338 e. The lowest BCUT2D eigenvalue weighted by Crippen LogP contribution is -2.06. The minimum absolute atomic E-state index is 0.0910. The van der Waals surface area contributed by atoms with Crippen molar-refractivity contribution in [1.82, 2.24) is 9.55 Å². The number of hydrogen-bond donors (Lipinski definition) is 3. The third-order valence-electron chi connectivity index (χ3n) is 3.38. The van der Waals surface area contributed by atoms with E-state index in [2.05, 4.69) is 32.0 Å². The fourth-order valence-electron chi connectivity index (χ4n) is 2.24. The summed E-state index contributed by atoms with van der Waals surface area (Å²) in [6.07, 6.45) is 1.43. The molecule has 0 saturated heterocycles. The van der Waals surface area contributed by atoms with Crippen molar-refractivity contribution in [2.75, 3.05) is 12.4 Å². The first kappa shape index (κ1) is 22.9. The number of nitrogens with zero attached hydrogens (tertiary/aromatic N) is 2. The van der Waals surface area contributed by atoms with Gasteiger partial charge in [0.2, 0.25) is 0 Å². The number of fused-ring (bicyclic) bond motifs is 1. The Morgan fingerprint density at radius 3 is 2.52 bits per heavy atom. The summed E-state index contributed by atoms with van der Waals surface area (Å²) >= 11 is 9.38. The van der Waals surface area contributed by atoms with Gasteiger partial charge in [-0.15, -0.1) is 0 Å². The smallest absolute Gasteiger partial charge is 0.338 e. The van der Waals surface area contributed by atoms with Crippen LogP contribution in [0.4, 0.5) is 15.8 Å². The summed E-state index contributed by atoms with van der Waals surface area (Å²) in [6, 6.07) is 6.34. The zero-order chi connectivity index (χ0) is 20.7. The average molecular weight is 460 g/mol. The van der Waals surface area contributed by atoms with Crippen LogP contribution in [0.3, 0.4) is 0 Å². The van der Waals surface area contributed by atoms with Crippen LogP contribution in [0.25, 0.3) is 11.0 Å². The summed E-state index contributed by atoms with van der Waals surface area (Å²) in [6.45, 7) is 4.00. The third kappa shape index (κ3) is 4.97. The second-order valence-electron chi connectivity index (χ2n) is 4.89. The van der Waals surface area contributed by atoms with E-state index in [1.54, 1.807) is 29.8 Å². The maximum atomic E-state index is 14.7. The number of halogens is 3. The number of benzene rings is 2. The van der Waals surface area contributed by atoms with Crippen molar-refractivity contribution < 1.29 is 14.3 Å². The predicted molar refractivity (Wildman–Crippen MR) is 112 cm³/mol. The SMILES string of the molecule is CC.CN.Cn1cnc2c(F)c(Nc3ccc(Br)cc3Cl)c(C(=O)O)cc21. The Balaban J connectivity index is 0.000000855. The van der Waals surface area contributed by atoms with Crippen molar-refractivity contribution in [1.29, 1.82) is 0 Å². The molecule has 4 N–H and O–H groups in total. The molecule has 0 atom stereocenters. The van der Waals surface area contributed by atoms with Gasteiger partial charge in [-0.2, -0.15) is 0 Å². The van der Waals surface area contributed by atoms with Crippen LogP contribution < -0.4 is 11.1 Å². The number of carboxylic acid groups (broad SMARTS) is 1. The van der Waals surface area contributed by atoms with Crippen LogP contribution in [-0.4, -0.2) is 27.7 Å². The van der Waals surface area contributed by atoms with Gasteiger partial charge in [0.15, 0.2) is 5.82 Å². The Hall–Kier alpha value is -2.16. The average Bonchev–Trinajstić information content (AvgIpc) is 3.03. The second-order valence-corrected chi connectivity index (χ2v) is 6.21. The first-order valence-electron chi connectivity index (χ1n) is 8.05. The number of anilines is 2. The molecule has 2 aromatic carbocycles. The van der Waals surface area contributed by atoms with Gasteiger partial charge in [0.1, 0.15) is 5.52 Å². The molecule has 0 spiro atoms. The van der Waals surface area contributed by atoms with Crippen LogP contribution in [0, 0.1) is 5.82 Å². The van der Waals surface area contributed by atoms with Crippen molar-refractivity contribution in [3.63, 3.8) is 0 Å². The molecule has 0 bridgehead atoms. The standard InChI is InChI=1S/C15H10BrClFN3O2.C2H6.CH5N/c1-21-6-19-14-11(21)5-8(15(22)23)13(12(14)18)20-10-3-2-7(16)4-9(10)17;2*1-2/h2-6,20H,1H3,(H,22,23);1-2H3;2H2,1H3. The summed E-state index contributed by atoms with van der Waals surface area (Å²) in [5, 5.41) is 12.5. The molecule has 146 valence electrons. The van der Waals surface area contributed by atoms with E-state index >= 15 is 0 Å². The lowest BCUT2D eigenvalue weighted by atomic mass is 10.1. The highest BCUT2D eigenvalue weighted by Gasteiger charge is 2.21. The number of aromatic carboxylic acids is 1. The monoisotopic (exact) mass is 458 g/mol. The molecular weight excluding hydrogens is 439 g/mol. The van der Waals surface area contributed by atoms with E-state index < -0.39 is 11.8 Å². The molecule has 3 rings (SSSR count). The highest BCUT2D eigenvalue weighted by Crippen LogP contribution is 2.34. The van der Waals surface area contributed by atoms with Crippen molar-refractivity contribution in [3.8, 4) is 0 Å². The van der Waals surface area contributed by atoms with Crippen molar-refractivity contribution >= 4 is 55.9 Å². The highest BCUT2D eigenvalue weighted by molar-refractivity contribution is 9.10. The zero-order valence-electron chi connectivity index (χ0n) is 15.3. The Morgan fingerprint density at radius 1 is 1.33 bits per heavy atom. The summed E-state index contributed by atoms with van der Waals surface area (Å²) in [7, 11) is 3.17. The van der Waals surface area contributed by atoms with Gasteiger partial charge < -0.3 is 20.7 Å². The van der Waals surface area contributed by atoms with Gasteiger partial charge in [0.05, 0.1) is 33.8 Å². The van der Waals surface area contributed by atoms with E-state index in [0.29, 0.717) is 16.2 Å². The zero-order valence-corrected chi connectivity index (χ0v) is 17.7. The van der Waals surface area contributed by atoms with Crippen LogP contribution in [0.5, 0.6) is 0 Å². The molecule has 0 radical (unpaired) electrons. The van der Waals surface area contributed by atoms with Crippen LogP contribution in [0.2, 0.25) is 5.02 Å². The van der Waals surface area contributed by atoms with Crippen LogP contribution in [-0.2, 0) is 7.05 Å². The fourth-order valence-corrected chi connectivity index (χ4v) is 2.96. The van der Waals surface area contributed by atoms with Gasteiger partial charge in [-0.1, -0.05) is 41.4 Å². The van der Waals surface area contributed by atoms with E-state index in [4.69, 9.17) is 11.6 Å². The summed E-state index contributed by atoms with van der Waals surface area (Å²) in [4.78, 5) is 15.5.